The van der Waals surface area contributed by atoms with Crippen LogP contribution in [0.5, 0.6) is 5.75 Å². The van der Waals surface area contributed by atoms with Crippen molar-refractivity contribution in [2.24, 2.45) is 0 Å². The molecule has 3 rings (SSSR count). The Morgan fingerprint density at radius 3 is 2.42 bits per heavy atom. The van der Waals surface area contributed by atoms with Crippen LogP contribution < -0.4 is 10.1 Å². The van der Waals surface area contributed by atoms with Gasteiger partial charge in [0.15, 0.2) is 0 Å². The highest BCUT2D eigenvalue weighted by molar-refractivity contribution is 7.89. The molecule has 1 atom stereocenters. The van der Waals surface area contributed by atoms with Crippen LogP contribution >= 0.6 is 0 Å². The van der Waals surface area contributed by atoms with Crippen molar-refractivity contribution in [3.05, 3.63) is 58.7 Å². The lowest BCUT2D eigenvalue weighted by molar-refractivity contribution is -0.121. The molecule has 1 aliphatic heterocycles. The molecule has 7 heteroatoms. The second-order valence-corrected chi connectivity index (χ2v) is 10.7. The molecular weight excluding hydrogens is 436 g/mol. The summed E-state index contributed by atoms with van der Waals surface area (Å²) in [4.78, 5) is 13.0. The van der Waals surface area contributed by atoms with Crippen molar-refractivity contribution < 1.29 is 17.9 Å². The number of aryl methyl sites for hydroxylation is 3. The Hall–Kier alpha value is -2.38. The molecule has 1 saturated heterocycles. The zero-order valence-corrected chi connectivity index (χ0v) is 21.0. The van der Waals surface area contributed by atoms with E-state index in [1.165, 1.54) is 11.1 Å². The van der Waals surface area contributed by atoms with Crippen LogP contribution in [0, 0.1) is 13.8 Å². The molecule has 33 heavy (non-hydrogen) atoms. The highest BCUT2D eigenvalue weighted by Crippen LogP contribution is 2.27. The van der Waals surface area contributed by atoms with Crippen molar-refractivity contribution in [1.29, 1.82) is 0 Å². The lowest BCUT2D eigenvalue weighted by Gasteiger charge is -2.26. The number of hydrogen-bond acceptors (Lipinski definition) is 4. The van der Waals surface area contributed by atoms with E-state index in [1.807, 2.05) is 0 Å². The van der Waals surface area contributed by atoms with Crippen LogP contribution in [0.2, 0.25) is 0 Å². The summed E-state index contributed by atoms with van der Waals surface area (Å²) in [5.74, 6) is 0.535. The minimum atomic E-state index is -3.54. The monoisotopic (exact) mass is 472 g/mol. The normalized spacial score (nSPS) is 15.8. The summed E-state index contributed by atoms with van der Waals surface area (Å²) in [6.45, 7) is 7.32. The number of piperidine rings is 1. The summed E-state index contributed by atoms with van der Waals surface area (Å²) in [7, 11) is -1.98. The Balaban J connectivity index is 1.71. The molecule has 1 N–H and O–H groups in total. The summed E-state index contributed by atoms with van der Waals surface area (Å²) < 4.78 is 33.2. The van der Waals surface area contributed by atoms with E-state index >= 15 is 0 Å². The highest BCUT2D eigenvalue weighted by atomic mass is 32.2. The van der Waals surface area contributed by atoms with E-state index in [4.69, 9.17) is 4.74 Å². The smallest absolute Gasteiger partial charge is 0.243 e. The van der Waals surface area contributed by atoms with E-state index in [0.717, 1.165) is 36.8 Å². The van der Waals surface area contributed by atoms with Crippen molar-refractivity contribution in [2.45, 2.75) is 70.2 Å². The maximum Gasteiger partial charge on any atom is 0.243 e. The summed E-state index contributed by atoms with van der Waals surface area (Å²) in [5, 5.41) is 3.13. The van der Waals surface area contributed by atoms with Gasteiger partial charge in [-0.05, 0) is 80.0 Å². The first-order valence-corrected chi connectivity index (χ1v) is 13.2. The first kappa shape index (κ1) is 25.2. The molecule has 6 nitrogen and oxygen atoms in total. The van der Waals surface area contributed by atoms with Gasteiger partial charge in [0.05, 0.1) is 18.0 Å². The van der Waals surface area contributed by atoms with Gasteiger partial charge in [-0.25, -0.2) is 8.42 Å². The Morgan fingerprint density at radius 1 is 1.06 bits per heavy atom. The van der Waals surface area contributed by atoms with E-state index in [0.29, 0.717) is 25.3 Å². The Kier molecular flexibility index (Phi) is 8.54. The molecule has 0 bridgehead atoms. The van der Waals surface area contributed by atoms with Crippen LogP contribution in [0.3, 0.4) is 0 Å². The van der Waals surface area contributed by atoms with Gasteiger partial charge < -0.3 is 10.1 Å². The van der Waals surface area contributed by atoms with Crippen LogP contribution in [0.1, 0.15) is 67.3 Å². The van der Waals surface area contributed by atoms with Crippen LogP contribution in [0.15, 0.2) is 41.3 Å². The maximum atomic E-state index is 13.1. The van der Waals surface area contributed by atoms with E-state index in [1.54, 1.807) is 29.6 Å². The summed E-state index contributed by atoms with van der Waals surface area (Å²) in [6, 6.07) is 11.2. The highest BCUT2D eigenvalue weighted by Gasteiger charge is 2.26. The lowest BCUT2D eigenvalue weighted by Crippen LogP contribution is -2.35. The SMILES string of the molecule is CCC(NC(=O)CCc1cc(S(=O)(=O)N2CCCCC2)ccc1OC)c1ccc(C)c(C)c1. The fourth-order valence-electron chi connectivity index (χ4n) is 4.28. The second-order valence-electron chi connectivity index (χ2n) is 8.81. The number of nitrogens with zero attached hydrogens (tertiary/aromatic N) is 1. The molecule has 1 fully saturated rings. The summed E-state index contributed by atoms with van der Waals surface area (Å²) in [6.07, 6.45) is 4.30. The molecule has 1 amide bonds. The van der Waals surface area contributed by atoms with E-state index < -0.39 is 10.0 Å². The Morgan fingerprint density at radius 2 is 1.79 bits per heavy atom. The molecule has 1 unspecified atom stereocenters. The van der Waals surface area contributed by atoms with Crippen LogP contribution in [-0.2, 0) is 21.2 Å². The zero-order valence-electron chi connectivity index (χ0n) is 20.2. The third kappa shape index (κ3) is 6.15. The third-order valence-electron chi connectivity index (χ3n) is 6.50. The zero-order chi connectivity index (χ0) is 24.0. The fraction of sp³-hybridized carbons (Fsp3) is 0.500. The maximum absolute atomic E-state index is 13.1. The number of benzene rings is 2. The van der Waals surface area contributed by atoms with Crippen molar-refractivity contribution in [3.8, 4) is 5.75 Å². The molecule has 0 spiro atoms. The minimum absolute atomic E-state index is 0.0514. The molecule has 1 aliphatic rings. The topological polar surface area (TPSA) is 75.7 Å². The average Bonchev–Trinajstić information content (AvgIpc) is 2.83. The number of nitrogens with one attached hydrogen (secondary N) is 1. The molecule has 2 aromatic carbocycles. The van der Waals surface area contributed by atoms with E-state index in [-0.39, 0.29) is 23.3 Å². The number of carbonyl (C=O) groups excluding carboxylic acids is 1. The number of rotatable bonds is 9. The molecular formula is C26H36N2O4S. The largest absolute Gasteiger partial charge is 0.496 e. The molecule has 1 heterocycles. The molecule has 180 valence electrons. The average molecular weight is 473 g/mol. The van der Waals surface area contributed by atoms with Gasteiger partial charge in [-0.15, -0.1) is 0 Å². The fourth-order valence-corrected chi connectivity index (χ4v) is 5.85. The van der Waals surface area contributed by atoms with Crippen molar-refractivity contribution in [1.82, 2.24) is 9.62 Å². The predicted molar refractivity (Wildman–Crippen MR) is 131 cm³/mol. The first-order valence-electron chi connectivity index (χ1n) is 11.8. The predicted octanol–water partition coefficient (Wildman–Crippen LogP) is 4.69. The number of ether oxygens (including phenoxy) is 1. The second kappa shape index (κ2) is 11.2. The Bertz CT molecular complexity index is 1080. The number of amides is 1. The van der Waals surface area contributed by atoms with Gasteiger partial charge in [-0.1, -0.05) is 31.5 Å². The van der Waals surface area contributed by atoms with Crippen LogP contribution in [0.4, 0.5) is 0 Å². The minimum Gasteiger partial charge on any atom is -0.496 e. The van der Waals surface area contributed by atoms with Gasteiger partial charge in [-0.3, -0.25) is 4.79 Å². The van der Waals surface area contributed by atoms with Gasteiger partial charge >= 0.3 is 0 Å². The number of carbonyl (C=O) groups is 1. The number of hydrogen-bond donors (Lipinski definition) is 1. The van der Waals surface area contributed by atoms with Gasteiger partial charge in [-0.2, -0.15) is 4.31 Å². The van der Waals surface area contributed by atoms with Gasteiger partial charge in [0.25, 0.3) is 0 Å². The van der Waals surface area contributed by atoms with Gasteiger partial charge in [0.1, 0.15) is 5.75 Å². The van der Waals surface area contributed by atoms with Crippen molar-refractivity contribution in [3.63, 3.8) is 0 Å². The standard InChI is InChI=1S/C26H36N2O4S/c1-5-24(21-10-9-19(2)20(3)17-21)27-26(29)14-11-22-18-23(12-13-25(22)32-4)33(30,31)28-15-7-6-8-16-28/h9-10,12-13,17-18,24H,5-8,11,14-16H2,1-4H3,(H,27,29). The molecule has 0 aliphatic carbocycles. The van der Waals surface area contributed by atoms with Crippen LogP contribution in [-0.4, -0.2) is 38.8 Å². The third-order valence-corrected chi connectivity index (χ3v) is 8.40. The lowest BCUT2D eigenvalue weighted by atomic mass is 9.99. The molecule has 0 radical (unpaired) electrons. The first-order chi connectivity index (χ1) is 15.8. The summed E-state index contributed by atoms with van der Waals surface area (Å²) in [5.41, 5.74) is 4.26. The number of sulfonamides is 1. The Labute approximate surface area is 198 Å². The van der Waals surface area contributed by atoms with E-state index in [9.17, 15) is 13.2 Å². The quantitative estimate of drug-likeness (QED) is 0.575. The molecule has 2 aromatic rings. The van der Waals surface area contributed by atoms with Gasteiger partial charge in [0.2, 0.25) is 15.9 Å². The van der Waals surface area contributed by atoms with Gasteiger partial charge in [0, 0.05) is 19.5 Å². The number of methoxy groups -OCH3 is 1. The van der Waals surface area contributed by atoms with Crippen molar-refractivity contribution in [2.75, 3.05) is 20.2 Å². The van der Waals surface area contributed by atoms with Crippen LogP contribution in [0.25, 0.3) is 0 Å². The molecule has 0 saturated carbocycles. The van der Waals surface area contributed by atoms with E-state index in [2.05, 4.69) is 44.3 Å². The molecule has 0 aromatic heterocycles. The van der Waals surface area contributed by atoms with Crippen molar-refractivity contribution >= 4 is 15.9 Å². The summed E-state index contributed by atoms with van der Waals surface area (Å²) >= 11 is 0.